The van der Waals surface area contributed by atoms with Gasteiger partial charge in [-0.05, 0) is 26.8 Å². The lowest BCUT2D eigenvalue weighted by Crippen LogP contribution is -2.40. The number of aliphatic carboxylic acids is 1. The molecule has 0 saturated heterocycles. The first-order valence-corrected chi connectivity index (χ1v) is 4.71. The van der Waals surface area contributed by atoms with Gasteiger partial charge in [0.05, 0.1) is 5.92 Å². The minimum Gasteiger partial charge on any atom is -0.481 e. The van der Waals surface area contributed by atoms with Gasteiger partial charge in [-0.15, -0.1) is 0 Å². The first-order chi connectivity index (χ1) is 6.49. The Morgan fingerprint density at radius 2 is 2.00 bits per heavy atom. The van der Waals surface area contributed by atoms with Crippen LogP contribution in [-0.2, 0) is 9.59 Å². The van der Waals surface area contributed by atoms with Gasteiger partial charge >= 0.3 is 5.97 Å². The molecule has 2 atom stereocenters. The third-order valence-corrected chi connectivity index (χ3v) is 2.14. The Balaban J connectivity index is 3.86. The minimum absolute atomic E-state index is 0.143. The fraction of sp³-hybridized carbons (Fsp3) is 0.778. The van der Waals surface area contributed by atoms with Gasteiger partial charge in [0.25, 0.3) is 0 Å². The number of nitrogens with two attached hydrogens (primary N) is 1. The van der Waals surface area contributed by atoms with Gasteiger partial charge in [-0.1, -0.05) is 0 Å². The highest BCUT2D eigenvalue weighted by Gasteiger charge is 2.20. The molecule has 5 heteroatoms. The van der Waals surface area contributed by atoms with E-state index in [1.807, 2.05) is 0 Å². The Morgan fingerprint density at radius 1 is 1.43 bits per heavy atom. The highest BCUT2D eigenvalue weighted by molar-refractivity contribution is 5.77. The van der Waals surface area contributed by atoms with E-state index in [0.29, 0.717) is 19.4 Å². The smallest absolute Gasteiger partial charge is 0.308 e. The topological polar surface area (TPSA) is 92.4 Å². The maximum Gasteiger partial charge on any atom is 0.308 e. The van der Waals surface area contributed by atoms with Gasteiger partial charge in [-0.2, -0.15) is 0 Å². The quantitative estimate of drug-likeness (QED) is 0.563. The Bertz CT molecular complexity index is 206. The van der Waals surface area contributed by atoms with Crippen molar-refractivity contribution < 1.29 is 14.7 Å². The highest BCUT2D eigenvalue weighted by atomic mass is 16.4. The summed E-state index contributed by atoms with van der Waals surface area (Å²) in [6.45, 7) is 3.71. The van der Waals surface area contributed by atoms with E-state index in [2.05, 4.69) is 5.32 Å². The Hall–Kier alpha value is -1.10. The maximum absolute atomic E-state index is 11.2. The minimum atomic E-state index is -0.906. The number of carbonyl (C=O) groups is 2. The largest absolute Gasteiger partial charge is 0.481 e. The van der Waals surface area contributed by atoms with E-state index in [1.54, 1.807) is 13.8 Å². The lowest BCUT2D eigenvalue weighted by molar-refractivity contribution is -0.142. The molecular weight excluding hydrogens is 184 g/mol. The summed E-state index contributed by atoms with van der Waals surface area (Å²) < 4.78 is 0. The van der Waals surface area contributed by atoms with Crippen LogP contribution in [-0.4, -0.2) is 29.6 Å². The van der Waals surface area contributed by atoms with Gasteiger partial charge in [-0.3, -0.25) is 9.59 Å². The van der Waals surface area contributed by atoms with Crippen LogP contribution in [0.1, 0.15) is 26.7 Å². The molecule has 0 aromatic rings. The molecule has 14 heavy (non-hydrogen) atoms. The molecule has 0 fully saturated rings. The Labute approximate surface area is 83.7 Å². The van der Waals surface area contributed by atoms with Crippen molar-refractivity contribution in [2.24, 2.45) is 11.7 Å². The van der Waals surface area contributed by atoms with Gasteiger partial charge < -0.3 is 16.2 Å². The zero-order valence-corrected chi connectivity index (χ0v) is 8.62. The number of hydrogen-bond acceptors (Lipinski definition) is 3. The number of carbonyl (C=O) groups excluding carboxylic acids is 1. The second-order valence-electron chi connectivity index (χ2n) is 3.38. The number of amides is 1. The van der Waals surface area contributed by atoms with Crippen LogP contribution in [0.15, 0.2) is 0 Å². The summed E-state index contributed by atoms with van der Waals surface area (Å²) in [5.41, 5.74) is 5.24. The summed E-state index contributed by atoms with van der Waals surface area (Å²) >= 11 is 0. The van der Waals surface area contributed by atoms with E-state index >= 15 is 0 Å². The van der Waals surface area contributed by atoms with Gasteiger partial charge in [0.15, 0.2) is 0 Å². The predicted molar refractivity (Wildman–Crippen MR) is 52.7 cm³/mol. The van der Waals surface area contributed by atoms with Crippen molar-refractivity contribution in [3.8, 4) is 0 Å². The summed E-state index contributed by atoms with van der Waals surface area (Å²) in [5.74, 6) is -1.62. The molecule has 0 radical (unpaired) electrons. The van der Waals surface area contributed by atoms with Crippen LogP contribution >= 0.6 is 0 Å². The van der Waals surface area contributed by atoms with Crippen LogP contribution < -0.4 is 11.1 Å². The third kappa shape index (κ3) is 4.81. The summed E-state index contributed by atoms with van der Waals surface area (Å²) in [7, 11) is 0. The van der Waals surface area contributed by atoms with E-state index in [1.165, 1.54) is 0 Å². The monoisotopic (exact) mass is 202 g/mol. The van der Waals surface area contributed by atoms with Crippen molar-refractivity contribution in [2.45, 2.75) is 32.7 Å². The van der Waals surface area contributed by atoms with E-state index in [0.717, 1.165) is 0 Å². The molecule has 2 unspecified atom stereocenters. The molecule has 0 spiro atoms. The average molecular weight is 202 g/mol. The van der Waals surface area contributed by atoms with Crippen molar-refractivity contribution in [3.63, 3.8) is 0 Å². The summed E-state index contributed by atoms with van der Waals surface area (Å²) in [6.07, 6.45) is 0.979. The number of nitrogens with one attached hydrogen (secondary N) is 1. The molecule has 4 N–H and O–H groups in total. The number of hydrogen-bond donors (Lipinski definition) is 3. The van der Waals surface area contributed by atoms with Crippen LogP contribution in [0.25, 0.3) is 0 Å². The molecule has 0 heterocycles. The van der Waals surface area contributed by atoms with Crippen molar-refractivity contribution in [1.29, 1.82) is 0 Å². The average Bonchev–Trinajstić information content (AvgIpc) is 2.13. The standard InChI is InChI=1S/C9H18N2O3/c1-6(9(13)14)7(2)11-8(12)4-3-5-10/h6-7H,3-5,10H2,1-2H3,(H,11,12)(H,13,14). The first kappa shape index (κ1) is 12.9. The number of rotatable bonds is 6. The van der Waals surface area contributed by atoms with Gasteiger partial charge in [-0.25, -0.2) is 0 Å². The fourth-order valence-electron chi connectivity index (χ4n) is 0.928. The molecule has 0 aliphatic heterocycles. The van der Waals surface area contributed by atoms with Gasteiger partial charge in [0.2, 0.25) is 5.91 Å². The second-order valence-corrected chi connectivity index (χ2v) is 3.38. The summed E-state index contributed by atoms with van der Waals surface area (Å²) in [5, 5.41) is 11.3. The normalized spacial score (nSPS) is 14.5. The van der Waals surface area contributed by atoms with E-state index in [4.69, 9.17) is 10.8 Å². The van der Waals surface area contributed by atoms with Crippen molar-refractivity contribution in [3.05, 3.63) is 0 Å². The SMILES string of the molecule is CC(NC(=O)CCCN)C(C)C(=O)O. The molecule has 0 aromatic carbocycles. The second kappa shape index (κ2) is 6.37. The van der Waals surface area contributed by atoms with Gasteiger partial charge in [0, 0.05) is 12.5 Å². The zero-order valence-electron chi connectivity index (χ0n) is 8.62. The molecule has 0 aliphatic rings. The molecule has 1 amide bonds. The predicted octanol–water partition coefficient (Wildman–Crippen LogP) is -0.0493. The van der Waals surface area contributed by atoms with Crippen LogP contribution in [0.5, 0.6) is 0 Å². The first-order valence-electron chi connectivity index (χ1n) is 4.71. The lowest BCUT2D eigenvalue weighted by Gasteiger charge is -2.17. The molecule has 0 rings (SSSR count). The Morgan fingerprint density at radius 3 is 2.43 bits per heavy atom. The van der Waals surface area contributed by atoms with E-state index in [9.17, 15) is 9.59 Å². The van der Waals surface area contributed by atoms with E-state index < -0.39 is 11.9 Å². The van der Waals surface area contributed by atoms with E-state index in [-0.39, 0.29) is 11.9 Å². The van der Waals surface area contributed by atoms with Crippen LogP contribution in [0.4, 0.5) is 0 Å². The molecule has 0 aliphatic carbocycles. The van der Waals surface area contributed by atoms with Crippen LogP contribution in [0, 0.1) is 5.92 Å². The zero-order chi connectivity index (χ0) is 11.1. The summed E-state index contributed by atoms with van der Waals surface area (Å²) in [4.78, 5) is 21.7. The molecule has 0 saturated carbocycles. The van der Waals surface area contributed by atoms with Crippen molar-refractivity contribution in [2.75, 3.05) is 6.54 Å². The number of carboxylic acids is 1. The number of carboxylic acid groups (broad SMARTS) is 1. The van der Waals surface area contributed by atoms with Gasteiger partial charge in [0.1, 0.15) is 0 Å². The summed E-state index contributed by atoms with van der Waals surface area (Å²) in [6, 6.07) is -0.349. The van der Waals surface area contributed by atoms with Crippen LogP contribution in [0.3, 0.4) is 0 Å². The maximum atomic E-state index is 11.2. The van der Waals surface area contributed by atoms with Crippen LogP contribution in [0.2, 0.25) is 0 Å². The third-order valence-electron chi connectivity index (χ3n) is 2.14. The molecule has 5 nitrogen and oxygen atoms in total. The fourth-order valence-corrected chi connectivity index (χ4v) is 0.928. The molecular formula is C9H18N2O3. The molecule has 82 valence electrons. The molecule has 0 aromatic heterocycles. The Kier molecular flexibility index (Phi) is 5.87. The molecule has 0 bridgehead atoms. The lowest BCUT2D eigenvalue weighted by atomic mass is 10.0. The van der Waals surface area contributed by atoms with Crippen molar-refractivity contribution >= 4 is 11.9 Å². The highest BCUT2D eigenvalue weighted by Crippen LogP contribution is 2.02. The van der Waals surface area contributed by atoms with Crippen molar-refractivity contribution in [1.82, 2.24) is 5.32 Å².